The third-order valence-electron chi connectivity index (χ3n) is 2.79. The van der Waals surface area contributed by atoms with Crippen molar-refractivity contribution in [3.63, 3.8) is 0 Å². The van der Waals surface area contributed by atoms with Gasteiger partial charge in [0.25, 0.3) is 0 Å². The van der Waals surface area contributed by atoms with Gasteiger partial charge < -0.3 is 15.8 Å². The number of nitrogens with one attached hydrogen (secondary N) is 1. The zero-order valence-electron chi connectivity index (χ0n) is 12.9. The van der Waals surface area contributed by atoms with E-state index in [1.807, 2.05) is 32.9 Å². The molecule has 21 heavy (non-hydrogen) atoms. The molecule has 0 fully saturated rings. The van der Waals surface area contributed by atoms with Crippen LogP contribution in [0, 0.1) is 0 Å². The van der Waals surface area contributed by atoms with Crippen LogP contribution in [0.15, 0.2) is 22.7 Å². The van der Waals surface area contributed by atoms with Crippen LogP contribution < -0.4 is 15.8 Å². The molecule has 0 heterocycles. The van der Waals surface area contributed by atoms with E-state index < -0.39 is 5.54 Å². The summed E-state index contributed by atoms with van der Waals surface area (Å²) in [5.41, 5.74) is 5.83. The maximum Gasteiger partial charge on any atom is 0.244 e. The van der Waals surface area contributed by atoms with Gasteiger partial charge in [-0.1, -0.05) is 29.3 Å². The summed E-state index contributed by atoms with van der Waals surface area (Å²) in [5.74, 6) is 0.520. The molecule has 120 valence electrons. The molecule has 0 aliphatic rings. The largest absolute Gasteiger partial charge is 0.491 e. The molecule has 0 saturated carbocycles. The minimum Gasteiger partial charge on any atom is -0.491 e. The standard InChI is InChI=1S/C15H23BrN2O2.ClH/c1-5-6-15(4,17)14(19)18-12-7-11(16)8-13(9-12)20-10(2)3;/h7-10H,5-6,17H2,1-4H3,(H,18,19);1H. The van der Waals surface area contributed by atoms with Crippen molar-refractivity contribution in [3.05, 3.63) is 22.7 Å². The highest BCUT2D eigenvalue weighted by Crippen LogP contribution is 2.26. The quantitative estimate of drug-likeness (QED) is 0.781. The van der Waals surface area contributed by atoms with Gasteiger partial charge >= 0.3 is 0 Å². The molecule has 1 rings (SSSR count). The topological polar surface area (TPSA) is 64.4 Å². The van der Waals surface area contributed by atoms with Gasteiger partial charge in [-0.15, -0.1) is 12.4 Å². The number of amides is 1. The maximum atomic E-state index is 12.2. The predicted molar refractivity (Wildman–Crippen MR) is 93.3 cm³/mol. The molecule has 0 saturated heterocycles. The summed E-state index contributed by atoms with van der Waals surface area (Å²) in [4.78, 5) is 12.2. The molecule has 0 bridgehead atoms. The zero-order chi connectivity index (χ0) is 15.3. The third kappa shape index (κ3) is 6.68. The van der Waals surface area contributed by atoms with Gasteiger partial charge in [-0.25, -0.2) is 0 Å². The first kappa shape index (κ1) is 20.2. The summed E-state index contributed by atoms with van der Waals surface area (Å²) in [5, 5.41) is 2.85. The highest BCUT2D eigenvalue weighted by molar-refractivity contribution is 9.10. The Balaban J connectivity index is 0.00000400. The Hall–Kier alpha value is -0.780. The Kier molecular flexibility index (Phi) is 8.29. The average Bonchev–Trinajstić information content (AvgIpc) is 2.26. The summed E-state index contributed by atoms with van der Waals surface area (Å²) < 4.78 is 6.49. The summed E-state index contributed by atoms with van der Waals surface area (Å²) in [6.07, 6.45) is 1.58. The number of carbonyl (C=O) groups is 1. The Morgan fingerprint density at radius 1 is 1.43 bits per heavy atom. The molecule has 3 N–H and O–H groups in total. The fourth-order valence-corrected chi connectivity index (χ4v) is 2.35. The molecule has 0 spiro atoms. The molecule has 1 aromatic rings. The summed E-state index contributed by atoms with van der Waals surface area (Å²) >= 11 is 3.41. The van der Waals surface area contributed by atoms with E-state index >= 15 is 0 Å². The molecular formula is C15H24BrClN2O2. The number of ether oxygens (including phenoxy) is 1. The Morgan fingerprint density at radius 3 is 2.57 bits per heavy atom. The van der Waals surface area contributed by atoms with E-state index in [-0.39, 0.29) is 24.4 Å². The van der Waals surface area contributed by atoms with Crippen molar-refractivity contribution >= 4 is 39.9 Å². The Labute approximate surface area is 141 Å². The first-order valence-electron chi connectivity index (χ1n) is 6.82. The number of hydrogen-bond donors (Lipinski definition) is 2. The maximum absolute atomic E-state index is 12.2. The Bertz CT molecular complexity index is 479. The van der Waals surface area contributed by atoms with Gasteiger partial charge in [0.1, 0.15) is 5.75 Å². The normalized spacial score (nSPS) is 13.3. The Morgan fingerprint density at radius 2 is 2.05 bits per heavy atom. The van der Waals surface area contributed by atoms with Crippen LogP contribution in [-0.4, -0.2) is 17.6 Å². The second-order valence-corrected chi connectivity index (χ2v) is 6.38. The lowest BCUT2D eigenvalue weighted by Gasteiger charge is -2.23. The molecule has 6 heteroatoms. The lowest BCUT2D eigenvalue weighted by atomic mass is 9.96. The lowest BCUT2D eigenvalue weighted by Crippen LogP contribution is -2.48. The summed E-state index contributed by atoms with van der Waals surface area (Å²) in [7, 11) is 0. The van der Waals surface area contributed by atoms with Crippen LogP contribution in [-0.2, 0) is 4.79 Å². The van der Waals surface area contributed by atoms with Crippen LogP contribution in [0.3, 0.4) is 0 Å². The highest BCUT2D eigenvalue weighted by Gasteiger charge is 2.27. The molecule has 0 aliphatic carbocycles. The third-order valence-corrected chi connectivity index (χ3v) is 3.25. The van der Waals surface area contributed by atoms with Gasteiger partial charge in [0.15, 0.2) is 0 Å². The molecule has 0 aromatic heterocycles. The van der Waals surface area contributed by atoms with Crippen molar-refractivity contribution in [3.8, 4) is 5.75 Å². The van der Waals surface area contributed by atoms with Crippen LogP contribution in [0.1, 0.15) is 40.5 Å². The molecule has 1 atom stereocenters. The number of hydrogen-bond acceptors (Lipinski definition) is 3. The van der Waals surface area contributed by atoms with Crippen LogP contribution >= 0.6 is 28.3 Å². The molecule has 0 radical (unpaired) electrons. The number of anilines is 1. The number of nitrogens with two attached hydrogens (primary N) is 1. The smallest absolute Gasteiger partial charge is 0.244 e. The van der Waals surface area contributed by atoms with Gasteiger partial charge in [-0.05, 0) is 39.3 Å². The molecule has 1 unspecified atom stereocenters. The minimum atomic E-state index is -0.865. The van der Waals surface area contributed by atoms with Crippen molar-refractivity contribution in [2.45, 2.75) is 52.2 Å². The zero-order valence-corrected chi connectivity index (χ0v) is 15.3. The van der Waals surface area contributed by atoms with Crippen LogP contribution in [0.2, 0.25) is 0 Å². The van der Waals surface area contributed by atoms with Gasteiger partial charge in [0.05, 0.1) is 11.6 Å². The first-order valence-corrected chi connectivity index (χ1v) is 7.61. The lowest BCUT2D eigenvalue weighted by molar-refractivity contribution is -0.120. The monoisotopic (exact) mass is 378 g/mol. The van der Waals surface area contributed by atoms with Crippen molar-refractivity contribution < 1.29 is 9.53 Å². The molecular weight excluding hydrogens is 356 g/mol. The second kappa shape index (κ2) is 8.61. The van der Waals surface area contributed by atoms with E-state index in [0.717, 1.165) is 10.9 Å². The fourth-order valence-electron chi connectivity index (χ4n) is 1.88. The van der Waals surface area contributed by atoms with Crippen molar-refractivity contribution in [2.24, 2.45) is 5.73 Å². The second-order valence-electron chi connectivity index (χ2n) is 5.46. The van der Waals surface area contributed by atoms with Gasteiger partial charge in [-0.3, -0.25) is 4.79 Å². The fraction of sp³-hybridized carbons (Fsp3) is 0.533. The van der Waals surface area contributed by atoms with Crippen molar-refractivity contribution in [1.29, 1.82) is 0 Å². The highest BCUT2D eigenvalue weighted by atomic mass is 79.9. The number of carbonyl (C=O) groups excluding carboxylic acids is 1. The van der Waals surface area contributed by atoms with Gasteiger partial charge in [0.2, 0.25) is 5.91 Å². The predicted octanol–water partition coefficient (Wildman–Crippen LogP) is 4.11. The SMILES string of the molecule is CCCC(C)(N)C(=O)Nc1cc(Br)cc(OC(C)C)c1.Cl. The van der Waals surface area contributed by atoms with E-state index in [4.69, 9.17) is 10.5 Å². The average molecular weight is 380 g/mol. The van der Waals surface area contributed by atoms with Crippen LogP contribution in [0.4, 0.5) is 5.69 Å². The number of rotatable bonds is 6. The van der Waals surface area contributed by atoms with Crippen LogP contribution in [0.5, 0.6) is 5.75 Å². The van der Waals surface area contributed by atoms with Crippen LogP contribution in [0.25, 0.3) is 0 Å². The summed E-state index contributed by atoms with van der Waals surface area (Å²) in [6.45, 7) is 7.66. The minimum absolute atomic E-state index is 0. The number of benzene rings is 1. The van der Waals surface area contributed by atoms with Crippen molar-refractivity contribution in [2.75, 3.05) is 5.32 Å². The van der Waals surface area contributed by atoms with E-state index in [0.29, 0.717) is 17.9 Å². The molecule has 4 nitrogen and oxygen atoms in total. The number of halogens is 2. The molecule has 1 aromatic carbocycles. The van der Waals surface area contributed by atoms with E-state index in [1.54, 1.807) is 13.0 Å². The van der Waals surface area contributed by atoms with Gasteiger partial charge in [0, 0.05) is 16.2 Å². The van der Waals surface area contributed by atoms with E-state index in [9.17, 15) is 4.79 Å². The molecule has 1 amide bonds. The van der Waals surface area contributed by atoms with Gasteiger partial charge in [-0.2, -0.15) is 0 Å². The van der Waals surface area contributed by atoms with Crippen molar-refractivity contribution in [1.82, 2.24) is 0 Å². The van der Waals surface area contributed by atoms with E-state index in [1.165, 1.54) is 0 Å². The van der Waals surface area contributed by atoms with E-state index in [2.05, 4.69) is 21.2 Å². The first-order chi connectivity index (χ1) is 9.24. The molecule has 0 aliphatic heterocycles. The summed E-state index contributed by atoms with van der Waals surface area (Å²) in [6, 6.07) is 5.49.